The zero-order valence-corrected chi connectivity index (χ0v) is 10.4. The molecule has 0 amide bonds. The van der Waals surface area contributed by atoms with Crippen molar-refractivity contribution in [3.05, 3.63) is 12.7 Å². The number of carboxylic acids is 1. The van der Waals surface area contributed by atoms with Gasteiger partial charge in [0.05, 0.1) is 0 Å². The van der Waals surface area contributed by atoms with E-state index in [9.17, 15) is 14.7 Å². The van der Waals surface area contributed by atoms with Crippen molar-refractivity contribution in [2.45, 2.75) is 39.2 Å². The number of quaternary nitrogens is 1. The summed E-state index contributed by atoms with van der Waals surface area (Å²) in [6.45, 7) is 8.54. The van der Waals surface area contributed by atoms with E-state index in [-0.39, 0.29) is 18.5 Å². The molecule has 0 bridgehead atoms. The molecule has 0 aliphatic rings. The normalized spacial score (nSPS) is 12.2. The molecule has 0 aliphatic heterocycles. The first kappa shape index (κ1) is 17.0. The van der Waals surface area contributed by atoms with E-state index in [1.54, 1.807) is 20.8 Å². The highest BCUT2D eigenvalue weighted by atomic mass is 16.6. The number of ether oxygens (including phenoxy) is 1. The van der Waals surface area contributed by atoms with E-state index in [0.717, 1.165) is 6.08 Å². The molecule has 0 aromatic carbocycles. The summed E-state index contributed by atoms with van der Waals surface area (Å²) >= 11 is 0. The summed E-state index contributed by atoms with van der Waals surface area (Å²) in [5, 5.41) is 10.3. The van der Waals surface area contributed by atoms with Crippen molar-refractivity contribution >= 4 is 11.9 Å². The highest BCUT2D eigenvalue weighted by Gasteiger charge is 2.24. The van der Waals surface area contributed by atoms with E-state index >= 15 is 0 Å². The van der Waals surface area contributed by atoms with Crippen LogP contribution in [0.5, 0.6) is 0 Å². The lowest BCUT2D eigenvalue weighted by Crippen LogP contribution is -2.32. The number of carbonyl (C=O) groups excluding carboxylic acids is 2. The zero-order chi connectivity index (χ0) is 12.1. The highest BCUT2D eigenvalue weighted by molar-refractivity contribution is 5.81. The number of hydrogen-bond acceptors (Lipinski definition) is 4. The lowest BCUT2D eigenvalue weighted by molar-refractivity contribution is -0.306. The molecule has 4 N–H and O–H groups in total. The third-order valence-electron chi connectivity index (χ3n) is 1.90. The van der Waals surface area contributed by atoms with Gasteiger partial charge >= 0.3 is 5.97 Å². The number of carboxylic acid groups (broad SMARTS) is 1. The van der Waals surface area contributed by atoms with Gasteiger partial charge in [0.1, 0.15) is 5.60 Å². The summed E-state index contributed by atoms with van der Waals surface area (Å²) in [5.74, 6) is -1.68. The maximum Gasteiger partial charge on any atom is 0.330 e. The first-order valence-corrected chi connectivity index (χ1v) is 4.82. The molecule has 0 aromatic heterocycles. The third-order valence-corrected chi connectivity index (χ3v) is 1.90. The lowest BCUT2D eigenvalue weighted by Gasteiger charge is -2.27. The third kappa shape index (κ3) is 7.99. The molecule has 0 saturated heterocycles. The largest absolute Gasteiger partial charge is 0.550 e. The first-order valence-electron chi connectivity index (χ1n) is 4.82. The maximum atomic E-state index is 11.0. The fourth-order valence-electron chi connectivity index (χ4n) is 1.55. The van der Waals surface area contributed by atoms with Crippen molar-refractivity contribution in [2.75, 3.05) is 0 Å². The molecule has 0 aromatic rings. The van der Waals surface area contributed by atoms with Crippen LogP contribution in [0, 0.1) is 5.92 Å². The molecule has 0 rings (SSSR count). The van der Waals surface area contributed by atoms with Gasteiger partial charge in [0, 0.05) is 12.0 Å². The molecule has 5 nitrogen and oxygen atoms in total. The van der Waals surface area contributed by atoms with Crippen LogP contribution < -0.4 is 11.3 Å². The first-order chi connectivity index (χ1) is 6.76. The molecule has 0 heterocycles. The number of rotatable bonds is 6. The van der Waals surface area contributed by atoms with E-state index in [4.69, 9.17) is 4.74 Å². The van der Waals surface area contributed by atoms with Crippen LogP contribution in [0.2, 0.25) is 0 Å². The van der Waals surface area contributed by atoms with Crippen molar-refractivity contribution < 1.29 is 19.4 Å². The summed E-state index contributed by atoms with van der Waals surface area (Å²) in [5.41, 5.74) is -0.680. The number of esters is 1. The summed E-state index contributed by atoms with van der Waals surface area (Å²) in [7, 11) is 0. The topological polar surface area (TPSA) is 103 Å². The summed E-state index contributed by atoms with van der Waals surface area (Å²) in [4.78, 5) is 21.3. The van der Waals surface area contributed by atoms with Crippen molar-refractivity contribution in [3.63, 3.8) is 0 Å². The van der Waals surface area contributed by atoms with E-state index < -0.39 is 17.5 Å². The fraction of sp³-hybridized carbons (Fsp3) is 0.636. The van der Waals surface area contributed by atoms with E-state index in [0.29, 0.717) is 6.42 Å². The fourth-order valence-corrected chi connectivity index (χ4v) is 1.55. The van der Waals surface area contributed by atoms with Gasteiger partial charge in [-0.3, -0.25) is 0 Å². The van der Waals surface area contributed by atoms with Crippen molar-refractivity contribution in [1.29, 1.82) is 0 Å². The lowest BCUT2D eigenvalue weighted by atomic mass is 9.92. The van der Waals surface area contributed by atoms with Gasteiger partial charge in [-0.05, 0) is 32.6 Å². The quantitative estimate of drug-likeness (QED) is 0.544. The molecule has 16 heavy (non-hydrogen) atoms. The average Bonchev–Trinajstić information content (AvgIpc) is 1.99. The SMILES string of the molecule is C=CC(=O)OC(C)(C)CC(C)CC(=O)[O-].[NH4+]. The van der Waals surface area contributed by atoms with E-state index in [1.165, 1.54) is 0 Å². The van der Waals surface area contributed by atoms with Gasteiger partial charge in [0.2, 0.25) is 0 Å². The van der Waals surface area contributed by atoms with E-state index in [1.807, 2.05) is 0 Å². The van der Waals surface area contributed by atoms with Gasteiger partial charge in [0.15, 0.2) is 0 Å². The van der Waals surface area contributed by atoms with Crippen LogP contribution in [0.15, 0.2) is 12.7 Å². The van der Waals surface area contributed by atoms with Gasteiger partial charge in [-0.15, -0.1) is 0 Å². The molecule has 0 radical (unpaired) electrons. The Hall–Kier alpha value is -1.36. The number of aliphatic carboxylic acids is 1. The Morgan fingerprint density at radius 1 is 1.50 bits per heavy atom. The predicted octanol–water partition coefficient (Wildman–Crippen LogP) is 1.04. The minimum atomic E-state index is -1.09. The Balaban J connectivity index is 0. The highest BCUT2D eigenvalue weighted by Crippen LogP contribution is 2.22. The number of hydrogen-bond donors (Lipinski definition) is 1. The standard InChI is InChI=1S/C11H18O4.H3N/c1-5-10(14)15-11(3,4)7-8(2)6-9(12)13;/h5,8H,1,6-7H2,2-4H3,(H,12,13);1H3. The zero-order valence-electron chi connectivity index (χ0n) is 10.4. The minimum Gasteiger partial charge on any atom is -0.550 e. The van der Waals surface area contributed by atoms with Gasteiger partial charge < -0.3 is 20.8 Å². The van der Waals surface area contributed by atoms with Gasteiger partial charge in [-0.25, -0.2) is 4.79 Å². The second-order valence-electron chi connectivity index (χ2n) is 4.27. The average molecular weight is 231 g/mol. The van der Waals surface area contributed by atoms with Gasteiger partial charge in [0.25, 0.3) is 0 Å². The van der Waals surface area contributed by atoms with Crippen molar-refractivity contribution in [1.82, 2.24) is 6.15 Å². The molecular weight excluding hydrogens is 210 g/mol. The molecule has 5 heteroatoms. The maximum absolute atomic E-state index is 11.0. The van der Waals surface area contributed by atoms with Crippen molar-refractivity contribution in [2.24, 2.45) is 5.92 Å². The summed E-state index contributed by atoms with van der Waals surface area (Å²) in [6.07, 6.45) is 1.53. The molecular formula is C11H21NO4. The minimum absolute atomic E-state index is 0. The van der Waals surface area contributed by atoms with Crippen LogP contribution in [0.25, 0.3) is 0 Å². The predicted molar refractivity (Wildman–Crippen MR) is 59.8 cm³/mol. The Kier molecular flexibility index (Phi) is 7.46. The van der Waals surface area contributed by atoms with E-state index in [2.05, 4.69) is 6.58 Å². The monoisotopic (exact) mass is 231 g/mol. The van der Waals surface area contributed by atoms with Crippen LogP contribution in [0.4, 0.5) is 0 Å². The molecule has 0 fully saturated rings. The summed E-state index contributed by atoms with van der Waals surface area (Å²) < 4.78 is 5.07. The molecule has 1 unspecified atom stereocenters. The summed E-state index contributed by atoms with van der Waals surface area (Å²) in [6, 6.07) is 0. The van der Waals surface area contributed by atoms with Crippen molar-refractivity contribution in [3.8, 4) is 0 Å². The second-order valence-corrected chi connectivity index (χ2v) is 4.27. The number of carbonyl (C=O) groups is 2. The Labute approximate surface area is 96.1 Å². The molecule has 94 valence electrons. The Morgan fingerprint density at radius 3 is 2.38 bits per heavy atom. The van der Waals surface area contributed by atoms with Crippen LogP contribution in [-0.2, 0) is 14.3 Å². The van der Waals surface area contributed by atoms with Crippen LogP contribution in [0.3, 0.4) is 0 Å². The van der Waals surface area contributed by atoms with Crippen LogP contribution in [-0.4, -0.2) is 17.5 Å². The van der Waals surface area contributed by atoms with Gasteiger partial charge in [-0.2, -0.15) is 0 Å². The molecule has 0 spiro atoms. The molecule has 1 atom stereocenters. The van der Waals surface area contributed by atoms with Gasteiger partial charge in [-0.1, -0.05) is 13.5 Å². The molecule has 0 saturated carbocycles. The molecule has 0 aliphatic carbocycles. The van der Waals surface area contributed by atoms with Crippen LogP contribution >= 0.6 is 0 Å². The smallest absolute Gasteiger partial charge is 0.330 e. The Bertz CT molecular complexity index is 261. The van der Waals surface area contributed by atoms with Crippen LogP contribution in [0.1, 0.15) is 33.6 Å². The Morgan fingerprint density at radius 2 is 2.00 bits per heavy atom. The second kappa shape index (κ2) is 7.00.